The average Bonchev–Trinajstić information content (AvgIpc) is 2.45. The van der Waals surface area contributed by atoms with Crippen molar-refractivity contribution in [3.63, 3.8) is 0 Å². The standard InChI is InChI=1S/C13H17NO6/c1-3-20-13(18)11(16)10(15)8-5-4-7(19-2)6-9(8)12(14)17/h4-6,10-11,15-16H,3H2,1-2H3,(H2,14,17). The number of hydrogen-bond donors (Lipinski definition) is 3. The van der Waals surface area contributed by atoms with Crippen molar-refractivity contribution in [2.45, 2.75) is 19.1 Å². The molecule has 0 aliphatic rings. The van der Waals surface area contributed by atoms with Gasteiger partial charge in [-0.3, -0.25) is 4.79 Å². The predicted octanol–water partition coefficient (Wildman–Crippen LogP) is -0.248. The average molecular weight is 283 g/mol. The maximum Gasteiger partial charge on any atom is 0.338 e. The summed E-state index contributed by atoms with van der Waals surface area (Å²) in [6, 6.07) is 4.15. The molecular formula is C13H17NO6. The molecule has 0 bridgehead atoms. The second-order valence-corrected chi connectivity index (χ2v) is 3.96. The summed E-state index contributed by atoms with van der Waals surface area (Å²) in [6.45, 7) is 1.63. The number of primary amides is 1. The highest BCUT2D eigenvalue weighted by molar-refractivity contribution is 5.95. The van der Waals surface area contributed by atoms with E-state index in [0.29, 0.717) is 5.75 Å². The number of rotatable bonds is 6. The summed E-state index contributed by atoms with van der Waals surface area (Å²) < 4.78 is 9.54. The van der Waals surface area contributed by atoms with Crippen LogP contribution in [0.4, 0.5) is 0 Å². The van der Waals surface area contributed by atoms with E-state index in [1.54, 1.807) is 6.92 Å². The molecule has 7 heteroatoms. The van der Waals surface area contributed by atoms with Crippen molar-refractivity contribution in [2.24, 2.45) is 5.73 Å². The van der Waals surface area contributed by atoms with E-state index in [1.165, 1.54) is 25.3 Å². The summed E-state index contributed by atoms with van der Waals surface area (Å²) in [5.74, 6) is -1.43. The van der Waals surface area contributed by atoms with Gasteiger partial charge in [0.1, 0.15) is 11.9 Å². The van der Waals surface area contributed by atoms with Crippen LogP contribution in [0.3, 0.4) is 0 Å². The molecular weight excluding hydrogens is 266 g/mol. The molecule has 20 heavy (non-hydrogen) atoms. The van der Waals surface area contributed by atoms with Gasteiger partial charge in [0.15, 0.2) is 6.10 Å². The minimum atomic E-state index is -1.80. The Hall–Kier alpha value is -2.12. The number of benzene rings is 1. The van der Waals surface area contributed by atoms with Gasteiger partial charge < -0.3 is 25.4 Å². The SMILES string of the molecule is CCOC(=O)C(O)C(O)c1ccc(OC)cc1C(N)=O. The molecule has 0 heterocycles. The number of ether oxygens (including phenoxy) is 2. The maximum absolute atomic E-state index is 11.4. The molecule has 0 saturated heterocycles. The Morgan fingerprint density at radius 3 is 2.50 bits per heavy atom. The third-order valence-electron chi connectivity index (χ3n) is 2.67. The number of amides is 1. The van der Waals surface area contributed by atoms with Crippen LogP contribution in [0.15, 0.2) is 18.2 Å². The topological polar surface area (TPSA) is 119 Å². The lowest BCUT2D eigenvalue weighted by Crippen LogP contribution is -2.31. The van der Waals surface area contributed by atoms with Gasteiger partial charge in [-0.05, 0) is 24.6 Å². The molecule has 1 aromatic carbocycles. The van der Waals surface area contributed by atoms with Gasteiger partial charge in [-0.25, -0.2) is 4.79 Å². The Morgan fingerprint density at radius 1 is 1.35 bits per heavy atom. The van der Waals surface area contributed by atoms with E-state index in [4.69, 9.17) is 10.5 Å². The number of methoxy groups -OCH3 is 1. The molecule has 1 rings (SSSR count). The van der Waals surface area contributed by atoms with Gasteiger partial charge in [0.05, 0.1) is 13.7 Å². The molecule has 0 aromatic heterocycles. The summed E-state index contributed by atoms with van der Waals surface area (Å²) in [6.07, 6.45) is -3.43. The van der Waals surface area contributed by atoms with Gasteiger partial charge in [0.25, 0.3) is 0 Å². The third-order valence-corrected chi connectivity index (χ3v) is 2.67. The highest BCUT2D eigenvalue weighted by Gasteiger charge is 2.29. The lowest BCUT2D eigenvalue weighted by molar-refractivity contribution is -0.159. The molecule has 0 saturated carbocycles. The van der Waals surface area contributed by atoms with Gasteiger partial charge >= 0.3 is 5.97 Å². The van der Waals surface area contributed by atoms with Gasteiger partial charge in [0, 0.05) is 5.56 Å². The van der Waals surface area contributed by atoms with Crippen LogP contribution in [0.5, 0.6) is 5.75 Å². The Balaban J connectivity index is 3.11. The van der Waals surface area contributed by atoms with Crippen molar-refractivity contribution in [2.75, 3.05) is 13.7 Å². The molecule has 110 valence electrons. The lowest BCUT2D eigenvalue weighted by atomic mass is 9.98. The number of carbonyl (C=O) groups is 2. The summed E-state index contributed by atoms with van der Waals surface area (Å²) in [7, 11) is 1.41. The molecule has 2 atom stereocenters. The third kappa shape index (κ3) is 3.46. The summed E-state index contributed by atoms with van der Waals surface area (Å²) >= 11 is 0. The van der Waals surface area contributed by atoms with Crippen molar-refractivity contribution < 1.29 is 29.3 Å². The van der Waals surface area contributed by atoms with E-state index in [2.05, 4.69) is 4.74 Å². The number of nitrogens with two attached hydrogens (primary N) is 1. The van der Waals surface area contributed by atoms with Crippen LogP contribution in [0.2, 0.25) is 0 Å². The fourth-order valence-corrected chi connectivity index (χ4v) is 1.66. The highest BCUT2D eigenvalue weighted by Crippen LogP contribution is 2.25. The maximum atomic E-state index is 11.4. The van der Waals surface area contributed by atoms with Crippen LogP contribution in [-0.2, 0) is 9.53 Å². The van der Waals surface area contributed by atoms with Gasteiger partial charge in [-0.1, -0.05) is 6.07 Å². The molecule has 2 unspecified atom stereocenters. The lowest BCUT2D eigenvalue weighted by Gasteiger charge is -2.19. The number of aliphatic hydroxyl groups excluding tert-OH is 2. The number of esters is 1. The van der Waals surface area contributed by atoms with Gasteiger partial charge in [0.2, 0.25) is 5.91 Å². The van der Waals surface area contributed by atoms with Gasteiger partial charge in [-0.15, -0.1) is 0 Å². The monoisotopic (exact) mass is 283 g/mol. The first-order valence-electron chi connectivity index (χ1n) is 5.92. The van der Waals surface area contributed by atoms with E-state index >= 15 is 0 Å². The Bertz CT molecular complexity index is 502. The molecule has 4 N–H and O–H groups in total. The number of hydrogen-bond acceptors (Lipinski definition) is 6. The summed E-state index contributed by atoms with van der Waals surface area (Å²) in [4.78, 5) is 22.8. The van der Waals surface area contributed by atoms with Crippen molar-refractivity contribution in [1.29, 1.82) is 0 Å². The second kappa shape index (κ2) is 6.88. The first-order chi connectivity index (χ1) is 9.42. The number of carbonyl (C=O) groups excluding carboxylic acids is 2. The van der Waals surface area contributed by atoms with Crippen LogP contribution >= 0.6 is 0 Å². The fraction of sp³-hybridized carbons (Fsp3) is 0.385. The molecule has 1 aromatic rings. The predicted molar refractivity (Wildman–Crippen MR) is 69.1 cm³/mol. The van der Waals surface area contributed by atoms with Crippen molar-refractivity contribution in [1.82, 2.24) is 0 Å². The van der Waals surface area contributed by atoms with Crippen LogP contribution < -0.4 is 10.5 Å². The molecule has 7 nitrogen and oxygen atoms in total. The van der Waals surface area contributed by atoms with Crippen molar-refractivity contribution >= 4 is 11.9 Å². The van der Waals surface area contributed by atoms with Crippen molar-refractivity contribution in [3.8, 4) is 5.75 Å². The molecule has 0 radical (unpaired) electrons. The Labute approximate surface area is 115 Å². The van der Waals surface area contributed by atoms with E-state index in [1.807, 2.05) is 0 Å². The van der Waals surface area contributed by atoms with E-state index in [0.717, 1.165) is 0 Å². The quantitative estimate of drug-likeness (QED) is 0.619. The minimum Gasteiger partial charge on any atom is -0.497 e. The molecule has 0 aliphatic heterocycles. The zero-order valence-electron chi connectivity index (χ0n) is 11.2. The first-order valence-corrected chi connectivity index (χ1v) is 5.92. The van der Waals surface area contributed by atoms with Crippen molar-refractivity contribution in [3.05, 3.63) is 29.3 Å². The zero-order valence-corrected chi connectivity index (χ0v) is 11.2. The van der Waals surface area contributed by atoms with E-state index in [9.17, 15) is 19.8 Å². The second-order valence-electron chi connectivity index (χ2n) is 3.96. The summed E-state index contributed by atoms with van der Waals surface area (Å²) in [5, 5.41) is 19.7. The zero-order chi connectivity index (χ0) is 15.3. The summed E-state index contributed by atoms with van der Waals surface area (Å²) in [5.41, 5.74) is 5.19. The molecule has 1 amide bonds. The molecule has 0 spiro atoms. The number of aliphatic hydroxyl groups is 2. The normalized spacial score (nSPS) is 13.4. The van der Waals surface area contributed by atoms with Crippen LogP contribution in [0.25, 0.3) is 0 Å². The Morgan fingerprint density at radius 2 is 2.00 bits per heavy atom. The van der Waals surface area contributed by atoms with Crippen LogP contribution in [0.1, 0.15) is 28.9 Å². The largest absolute Gasteiger partial charge is 0.497 e. The Kier molecular flexibility index (Phi) is 5.48. The first kappa shape index (κ1) is 15.9. The highest BCUT2D eigenvalue weighted by atomic mass is 16.5. The van der Waals surface area contributed by atoms with Crippen LogP contribution in [-0.4, -0.2) is 41.9 Å². The smallest absolute Gasteiger partial charge is 0.338 e. The van der Waals surface area contributed by atoms with Crippen LogP contribution in [0, 0.1) is 0 Å². The minimum absolute atomic E-state index is 0.0267. The van der Waals surface area contributed by atoms with E-state index < -0.39 is 24.1 Å². The van der Waals surface area contributed by atoms with E-state index in [-0.39, 0.29) is 17.7 Å². The molecule has 0 fully saturated rings. The molecule has 0 aliphatic carbocycles. The fourth-order valence-electron chi connectivity index (χ4n) is 1.66. The van der Waals surface area contributed by atoms with Gasteiger partial charge in [-0.2, -0.15) is 0 Å².